The van der Waals surface area contributed by atoms with Crippen LogP contribution in [0.15, 0.2) is 18.2 Å². The number of aryl methyl sites for hydroxylation is 1. The van der Waals surface area contributed by atoms with Gasteiger partial charge in [-0.2, -0.15) is 0 Å². The van der Waals surface area contributed by atoms with E-state index in [1.54, 1.807) is 6.07 Å². The van der Waals surface area contributed by atoms with Gasteiger partial charge >= 0.3 is 0 Å². The van der Waals surface area contributed by atoms with Gasteiger partial charge in [0, 0.05) is 0 Å². The normalized spacial score (nSPS) is 11.5. The molecule has 0 amide bonds. The summed E-state index contributed by atoms with van der Waals surface area (Å²) < 4.78 is 26.6. The molecule has 19 heavy (non-hydrogen) atoms. The third-order valence-corrected chi connectivity index (χ3v) is 4.49. The number of hydrogen-bond acceptors (Lipinski definition) is 3. The molecule has 0 bridgehead atoms. The molecule has 0 radical (unpaired) electrons. The smallest absolute Gasteiger partial charge is 0.232 e. The summed E-state index contributed by atoms with van der Waals surface area (Å²) in [6.45, 7) is 7.74. The average Bonchev–Trinajstić information content (AvgIpc) is 2.34. The van der Waals surface area contributed by atoms with E-state index in [9.17, 15) is 8.42 Å². The summed E-state index contributed by atoms with van der Waals surface area (Å²) in [5.41, 5.74) is 2.76. The molecular weight excluding hydrogens is 260 g/mol. The monoisotopic (exact) mass is 284 g/mol. The van der Waals surface area contributed by atoms with E-state index in [4.69, 9.17) is 0 Å². The number of anilines is 1. The van der Waals surface area contributed by atoms with Gasteiger partial charge in [-0.3, -0.25) is 4.72 Å². The Hall–Kier alpha value is -1.07. The first kappa shape index (κ1) is 16.0. The van der Waals surface area contributed by atoms with Gasteiger partial charge in [-0.05, 0) is 57.0 Å². The second-order valence-electron chi connectivity index (χ2n) is 4.73. The van der Waals surface area contributed by atoms with Gasteiger partial charge < -0.3 is 5.32 Å². The lowest BCUT2D eigenvalue weighted by atomic mass is 10.1. The Morgan fingerprint density at radius 3 is 2.58 bits per heavy atom. The predicted octanol–water partition coefficient (Wildman–Crippen LogP) is 2.43. The SMILES string of the molecule is CCNCCCCS(=O)(=O)Nc1cccc(C)c1C. The Morgan fingerprint density at radius 1 is 1.16 bits per heavy atom. The minimum absolute atomic E-state index is 0.172. The van der Waals surface area contributed by atoms with E-state index in [1.807, 2.05) is 32.9 Å². The van der Waals surface area contributed by atoms with E-state index >= 15 is 0 Å². The molecule has 1 aromatic rings. The van der Waals surface area contributed by atoms with Crippen LogP contribution in [0.3, 0.4) is 0 Å². The highest BCUT2D eigenvalue weighted by Gasteiger charge is 2.11. The van der Waals surface area contributed by atoms with E-state index < -0.39 is 10.0 Å². The van der Waals surface area contributed by atoms with Crippen molar-refractivity contribution in [3.8, 4) is 0 Å². The van der Waals surface area contributed by atoms with Crippen LogP contribution in [-0.4, -0.2) is 27.3 Å². The van der Waals surface area contributed by atoms with Crippen molar-refractivity contribution in [2.75, 3.05) is 23.6 Å². The molecule has 4 nitrogen and oxygen atoms in total. The molecule has 0 saturated heterocycles. The first-order valence-corrected chi connectivity index (χ1v) is 8.39. The molecule has 0 atom stereocenters. The van der Waals surface area contributed by atoms with E-state index in [1.165, 1.54) is 0 Å². The summed E-state index contributed by atoms with van der Waals surface area (Å²) in [5, 5.41) is 3.19. The number of sulfonamides is 1. The standard InChI is InChI=1S/C14H24N2O2S/c1-4-15-10-5-6-11-19(17,18)16-14-9-7-8-12(2)13(14)3/h7-9,15-16H,4-6,10-11H2,1-3H3. The zero-order chi connectivity index (χ0) is 14.3. The average molecular weight is 284 g/mol. The second-order valence-corrected chi connectivity index (χ2v) is 6.57. The minimum Gasteiger partial charge on any atom is -0.317 e. The number of rotatable bonds is 8. The maximum Gasteiger partial charge on any atom is 0.232 e. The topological polar surface area (TPSA) is 58.2 Å². The Balaban J connectivity index is 2.52. The Labute approximate surface area is 116 Å². The van der Waals surface area contributed by atoms with Crippen molar-refractivity contribution < 1.29 is 8.42 Å². The maximum atomic E-state index is 12.0. The van der Waals surface area contributed by atoms with Crippen LogP contribution in [0, 0.1) is 13.8 Å². The first-order valence-electron chi connectivity index (χ1n) is 6.73. The van der Waals surface area contributed by atoms with Gasteiger partial charge in [0.25, 0.3) is 0 Å². The lowest BCUT2D eigenvalue weighted by Gasteiger charge is -2.12. The summed E-state index contributed by atoms with van der Waals surface area (Å²) in [6.07, 6.45) is 1.55. The van der Waals surface area contributed by atoms with Crippen molar-refractivity contribution in [3.05, 3.63) is 29.3 Å². The largest absolute Gasteiger partial charge is 0.317 e. The van der Waals surface area contributed by atoms with Gasteiger partial charge in [0.2, 0.25) is 10.0 Å². The molecule has 0 aromatic heterocycles. The van der Waals surface area contributed by atoms with Gasteiger partial charge in [0.05, 0.1) is 11.4 Å². The highest BCUT2D eigenvalue weighted by Crippen LogP contribution is 2.19. The quantitative estimate of drug-likeness (QED) is 0.721. The summed E-state index contributed by atoms with van der Waals surface area (Å²) in [6, 6.07) is 5.65. The molecule has 1 rings (SSSR count). The van der Waals surface area contributed by atoms with Crippen LogP contribution in [0.25, 0.3) is 0 Å². The van der Waals surface area contributed by atoms with Crippen LogP contribution < -0.4 is 10.0 Å². The van der Waals surface area contributed by atoms with Crippen LogP contribution >= 0.6 is 0 Å². The molecule has 0 aliphatic rings. The van der Waals surface area contributed by atoms with Gasteiger partial charge in [0.1, 0.15) is 0 Å². The molecular formula is C14H24N2O2S. The van der Waals surface area contributed by atoms with Crippen LogP contribution in [-0.2, 0) is 10.0 Å². The van der Waals surface area contributed by atoms with Crippen molar-refractivity contribution >= 4 is 15.7 Å². The third-order valence-electron chi connectivity index (χ3n) is 3.14. The number of unbranched alkanes of at least 4 members (excludes halogenated alkanes) is 1. The zero-order valence-corrected chi connectivity index (χ0v) is 12.8. The summed E-state index contributed by atoms with van der Waals surface area (Å²) in [4.78, 5) is 0. The minimum atomic E-state index is -3.24. The highest BCUT2D eigenvalue weighted by atomic mass is 32.2. The molecule has 0 aliphatic carbocycles. The fraction of sp³-hybridized carbons (Fsp3) is 0.571. The van der Waals surface area contributed by atoms with Gasteiger partial charge in [-0.15, -0.1) is 0 Å². The predicted molar refractivity (Wildman–Crippen MR) is 81.1 cm³/mol. The molecule has 0 aliphatic heterocycles. The number of benzene rings is 1. The van der Waals surface area contributed by atoms with Crippen LogP contribution in [0.4, 0.5) is 5.69 Å². The van der Waals surface area contributed by atoms with Crippen LogP contribution in [0.2, 0.25) is 0 Å². The molecule has 0 unspecified atom stereocenters. The van der Waals surface area contributed by atoms with Crippen molar-refractivity contribution in [2.24, 2.45) is 0 Å². The maximum absolute atomic E-state index is 12.0. The molecule has 0 heterocycles. The summed E-state index contributed by atoms with van der Waals surface area (Å²) in [5.74, 6) is 0.172. The lowest BCUT2D eigenvalue weighted by molar-refractivity contribution is 0.593. The molecule has 0 spiro atoms. The van der Waals surface area contributed by atoms with Gasteiger partial charge in [-0.1, -0.05) is 19.1 Å². The highest BCUT2D eigenvalue weighted by molar-refractivity contribution is 7.92. The van der Waals surface area contributed by atoms with Crippen molar-refractivity contribution in [2.45, 2.75) is 33.6 Å². The van der Waals surface area contributed by atoms with E-state index in [2.05, 4.69) is 10.0 Å². The number of hydrogen-bond donors (Lipinski definition) is 2. The Kier molecular flexibility index (Phi) is 6.31. The van der Waals surface area contributed by atoms with Gasteiger partial charge in [0.15, 0.2) is 0 Å². The van der Waals surface area contributed by atoms with E-state index in [0.29, 0.717) is 12.1 Å². The first-order chi connectivity index (χ1) is 8.96. The van der Waals surface area contributed by atoms with Gasteiger partial charge in [-0.25, -0.2) is 8.42 Å². The molecule has 0 fully saturated rings. The van der Waals surface area contributed by atoms with Crippen molar-refractivity contribution in [3.63, 3.8) is 0 Å². The summed E-state index contributed by atoms with van der Waals surface area (Å²) >= 11 is 0. The fourth-order valence-electron chi connectivity index (χ4n) is 1.80. The molecule has 5 heteroatoms. The Morgan fingerprint density at radius 2 is 1.89 bits per heavy atom. The van der Waals surface area contributed by atoms with E-state index in [0.717, 1.165) is 30.6 Å². The molecule has 108 valence electrons. The molecule has 0 saturated carbocycles. The van der Waals surface area contributed by atoms with E-state index in [-0.39, 0.29) is 5.75 Å². The fourth-order valence-corrected chi connectivity index (χ4v) is 3.04. The second kappa shape index (κ2) is 7.50. The zero-order valence-electron chi connectivity index (χ0n) is 12.0. The van der Waals surface area contributed by atoms with Crippen LogP contribution in [0.5, 0.6) is 0 Å². The molecule has 2 N–H and O–H groups in total. The van der Waals surface area contributed by atoms with Crippen molar-refractivity contribution in [1.29, 1.82) is 0 Å². The Bertz CT molecular complexity index is 498. The molecule has 1 aromatic carbocycles. The number of nitrogens with one attached hydrogen (secondary N) is 2. The lowest BCUT2D eigenvalue weighted by Crippen LogP contribution is -2.19. The van der Waals surface area contributed by atoms with Crippen molar-refractivity contribution in [1.82, 2.24) is 5.32 Å². The van der Waals surface area contributed by atoms with Crippen LogP contribution in [0.1, 0.15) is 30.9 Å². The third kappa shape index (κ3) is 5.61. The summed E-state index contributed by atoms with van der Waals surface area (Å²) in [7, 11) is -3.24.